The fourth-order valence-corrected chi connectivity index (χ4v) is 3.73. The van der Waals surface area contributed by atoms with E-state index in [2.05, 4.69) is 17.6 Å². The quantitative estimate of drug-likeness (QED) is 0.287. The van der Waals surface area contributed by atoms with Gasteiger partial charge in [-0.25, -0.2) is 0 Å². The molecule has 3 amide bonds. The summed E-state index contributed by atoms with van der Waals surface area (Å²) in [6, 6.07) is 6.95. The first-order chi connectivity index (χ1) is 16.3. The van der Waals surface area contributed by atoms with Crippen LogP contribution in [0.1, 0.15) is 85.0 Å². The van der Waals surface area contributed by atoms with Gasteiger partial charge in [-0.3, -0.25) is 14.4 Å². The predicted octanol–water partition coefficient (Wildman–Crippen LogP) is 5.16. The Labute approximate surface area is 206 Å². The fraction of sp³-hybridized carbons (Fsp3) is 0.667. The molecule has 0 radical (unpaired) electrons. The first kappa shape index (κ1) is 29.5. The van der Waals surface area contributed by atoms with E-state index in [4.69, 9.17) is 4.74 Å². The Hall–Kier alpha value is -2.57. The monoisotopic (exact) mass is 475 g/mol. The SMILES string of the molecule is CCCCCCCCCCCC(=O)N(CC(=O)NCC(=O)Nc1ccc(OC)cc1)CC(C)C. The topological polar surface area (TPSA) is 87.7 Å². The predicted molar refractivity (Wildman–Crippen MR) is 138 cm³/mol. The van der Waals surface area contributed by atoms with E-state index < -0.39 is 0 Å². The Morgan fingerprint density at radius 3 is 2.03 bits per heavy atom. The van der Waals surface area contributed by atoms with Gasteiger partial charge < -0.3 is 20.3 Å². The molecule has 0 bridgehead atoms. The Morgan fingerprint density at radius 1 is 0.882 bits per heavy atom. The standard InChI is InChI=1S/C27H45N3O4/c1-5-6-7-8-9-10-11-12-13-14-27(33)30(20-22(2)3)21-26(32)28-19-25(31)29-23-15-17-24(34-4)18-16-23/h15-18,22H,5-14,19-21H2,1-4H3,(H,28,32)(H,29,31). The molecule has 7 heteroatoms. The van der Waals surface area contributed by atoms with Crippen LogP contribution in [0.4, 0.5) is 5.69 Å². The Balaban J connectivity index is 2.33. The summed E-state index contributed by atoms with van der Waals surface area (Å²) in [5.74, 6) is 0.317. The number of methoxy groups -OCH3 is 1. The fourth-order valence-electron chi connectivity index (χ4n) is 3.73. The maximum absolute atomic E-state index is 12.7. The number of ether oxygens (including phenoxy) is 1. The van der Waals surface area contributed by atoms with Crippen LogP contribution in [-0.4, -0.2) is 49.4 Å². The third kappa shape index (κ3) is 13.9. The molecule has 2 N–H and O–H groups in total. The second kappa shape index (κ2) is 17.8. The van der Waals surface area contributed by atoms with Crippen LogP contribution in [0.2, 0.25) is 0 Å². The molecule has 0 aliphatic heterocycles. The number of nitrogens with one attached hydrogen (secondary N) is 2. The van der Waals surface area contributed by atoms with E-state index in [1.54, 1.807) is 36.3 Å². The van der Waals surface area contributed by atoms with Gasteiger partial charge in [0.25, 0.3) is 0 Å². The summed E-state index contributed by atoms with van der Waals surface area (Å²) in [5, 5.41) is 5.34. The Morgan fingerprint density at radius 2 is 1.47 bits per heavy atom. The van der Waals surface area contributed by atoms with Gasteiger partial charge >= 0.3 is 0 Å². The van der Waals surface area contributed by atoms with Crippen molar-refractivity contribution in [3.05, 3.63) is 24.3 Å². The molecule has 7 nitrogen and oxygen atoms in total. The smallest absolute Gasteiger partial charge is 0.243 e. The average molecular weight is 476 g/mol. The summed E-state index contributed by atoms with van der Waals surface area (Å²) in [7, 11) is 1.58. The van der Waals surface area contributed by atoms with Gasteiger partial charge in [0.1, 0.15) is 5.75 Å². The largest absolute Gasteiger partial charge is 0.497 e. The van der Waals surface area contributed by atoms with Crippen molar-refractivity contribution in [1.29, 1.82) is 0 Å². The molecule has 0 atom stereocenters. The molecular formula is C27H45N3O4. The molecule has 0 heterocycles. The zero-order chi connectivity index (χ0) is 25.2. The molecular weight excluding hydrogens is 430 g/mol. The second-order valence-corrected chi connectivity index (χ2v) is 9.30. The van der Waals surface area contributed by atoms with Gasteiger partial charge in [-0.15, -0.1) is 0 Å². The maximum Gasteiger partial charge on any atom is 0.243 e. The van der Waals surface area contributed by atoms with Crippen molar-refractivity contribution in [2.24, 2.45) is 5.92 Å². The molecule has 0 aliphatic carbocycles. The first-order valence-corrected chi connectivity index (χ1v) is 12.8. The molecule has 0 saturated carbocycles. The number of hydrogen-bond acceptors (Lipinski definition) is 4. The second-order valence-electron chi connectivity index (χ2n) is 9.30. The Bertz CT molecular complexity index is 719. The lowest BCUT2D eigenvalue weighted by atomic mass is 10.1. The third-order valence-electron chi connectivity index (χ3n) is 5.59. The van der Waals surface area contributed by atoms with Crippen LogP contribution < -0.4 is 15.4 Å². The molecule has 0 aromatic heterocycles. The lowest BCUT2D eigenvalue weighted by molar-refractivity contribution is -0.136. The van der Waals surface area contributed by atoms with Gasteiger partial charge in [-0.2, -0.15) is 0 Å². The van der Waals surface area contributed by atoms with Crippen molar-refractivity contribution < 1.29 is 19.1 Å². The molecule has 34 heavy (non-hydrogen) atoms. The maximum atomic E-state index is 12.7. The summed E-state index contributed by atoms with van der Waals surface area (Å²) in [6.45, 7) is 6.64. The van der Waals surface area contributed by atoms with Crippen LogP contribution in [-0.2, 0) is 14.4 Å². The summed E-state index contributed by atoms with van der Waals surface area (Å²) in [5.41, 5.74) is 0.623. The van der Waals surface area contributed by atoms with E-state index in [-0.39, 0.29) is 36.7 Å². The van der Waals surface area contributed by atoms with Crippen molar-refractivity contribution in [3.63, 3.8) is 0 Å². The van der Waals surface area contributed by atoms with Gasteiger partial charge in [0.05, 0.1) is 20.2 Å². The minimum atomic E-state index is -0.328. The molecule has 1 aromatic rings. The average Bonchev–Trinajstić information content (AvgIpc) is 2.81. The molecule has 0 unspecified atom stereocenters. The van der Waals surface area contributed by atoms with E-state index in [0.29, 0.717) is 24.4 Å². The van der Waals surface area contributed by atoms with Gasteiger partial charge in [0, 0.05) is 18.7 Å². The highest BCUT2D eigenvalue weighted by molar-refractivity contribution is 5.95. The van der Waals surface area contributed by atoms with Crippen molar-refractivity contribution >= 4 is 23.4 Å². The van der Waals surface area contributed by atoms with Crippen molar-refractivity contribution in [2.45, 2.75) is 85.0 Å². The highest BCUT2D eigenvalue weighted by Crippen LogP contribution is 2.15. The minimum Gasteiger partial charge on any atom is -0.497 e. The van der Waals surface area contributed by atoms with Crippen LogP contribution in [0.5, 0.6) is 5.75 Å². The minimum absolute atomic E-state index is 0.00878. The van der Waals surface area contributed by atoms with E-state index in [9.17, 15) is 14.4 Å². The zero-order valence-corrected chi connectivity index (χ0v) is 21.7. The number of carbonyl (C=O) groups is 3. The number of nitrogens with zero attached hydrogens (tertiary/aromatic N) is 1. The number of carbonyl (C=O) groups excluding carboxylic acids is 3. The van der Waals surface area contributed by atoms with E-state index in [1.807, 2.05) is 13.8 Å². The van der Waals surface area contributed by atoms with Gasteiger partial charge in [-0.05, 0) is 36.6 Å². The van der Waals surface area contributed by atoms with Crippen LogP contribution in [0.3, 0.4) is 0 Å². The highest BCUT2D eigenvalue weighted by atomic mass is 16.5. The zero-order valence-electron chi connectivity index (χ0n) is 21.7. The first-order valence-electron chi connectivity index (χ1n) is 12.8. The number of anilines is 1. The van der Waals surface area contributed by atoms with Crippen LogP contribution in [0.25, 0.3) is 0 Å². The number of benzene rings is 1. The van der Waals surface area contributed by atoms with Crippen molar-refractivity contribution in [1.82, 2.24) is 10.2 Å². The molecule has 0 fully saturated rings. The lowest BCUT2D eigenvalue weighted by Crippen LogP contribution is -2.44. The Kier molecular flexibility index (Phi) is 15.5. The molecule has 0 spiro atoms. The highest BCUT2D eigenvalue weighted by Gasteiger charge is 2.18. The van der Waals surface area contributed by atoms with E-state index in [0.717, 1.165) is 19.3 Å². The van der Waals surface area contributed by atoms with E-state index >= 15 is 0 Å². The molecule has 1 rings (SSSR count). The van der Waals surface area contributed by atoms with Gasteiger partial charge in [0.2, 0.25) is 17.7 Å². The molecule has 192 valence electrons. The summed E-state index contributed by atoms with van der Waals surface area (Å²) >= 11 is 0. The van der Waals surface area contributed by atoms with Gasteiger partial charge in [0.15, 0.2) is 0 Å². The van der Waals surface area contributed by atoms with Gasteiger partial charge in [-0.1, -0.05) is 72.1 Å². The van der Waals surface area contributed by atoms with E-state index in [1.165, 1.54) is 38.5 Å². The number of hydrogen-bond donors (Lipinski definition) is 2. The third-order valence-corrected chi connectivity index (χ3v) is 5.59. The number of unbranched alkanes of at least 4 members (excludes halogenated alkanes) is 8. The summed E-state index contributed by atoms with van der Waals surface area (Å²) < 4.78 is 5.09. The number of rotatable bonds is 18. The lowest BCUT2D eigenvalue weighted by Gasteiger charge is -2.24. The van der Waals surface area contributed by atoms with Crippen molar-refractivity contribution in [3.8, 4) is 5.75 Å². The summed E-state index contributed by atoms with van der Waals surface area (Å²) in [6.07, 6.45) is 11.3. The van der Waals surface area contributed by atoms with Crippen molar-refractivity contribution in [2.75, 3.05) is 32.1 Å². The normalized spacial score (nSPS) is 10.7. The van der Waals surface area contributed by atoms with Crippen LogP contribution in [0, 0.1) is 5.92 Å². The molecule has 0 saturated heterocycles. The van der Waals surface area contributed by atoms with Crippen LogP contribution in [0.15, 0.2) is 24.3 Å². The number of amides is 3. The summed E-state index contributed by atoms with van der Waals surface area (Å²) in [4.78, 5) is 38.9. The van der Waals surface area contributed by atoms with Crippen LogP contribution >= 0.6 is 0 Å². The molecule has 0 aliphatic rings. The molecule has 1 aromatic carbocycles.